The molecule has 3 aromatic carbocycles. The van der Waals surface area contributed by atoms with E-state index in [-0.39, 0.29) is 19.1 Å². The first-order chi connectivity index (χ1) is 18.1. The van der Waals surface area contributed by atoms with Crippen molar-refractivity contribution in [1.29, 1.82) is 0 Å². The first-order valence-electron chi connectivity index (χ1n) is 11.9. The Balaban J connectivity index is 1.28. The minimum absolute atomic E-state index is 0.0900. The van der Waals surface area contributed by atoms with Crippen molar-refractivity contribution >= 4 is 18.0 Å². The van der Waals surface area contributed by atoms with Gasteiger partial charge in [0, 0.05) is 18.7 Å². The van der Waals surface area contributed by atoms with Crippen molar-refractivity contribution < 1.29 is 28.5 Å². The lowest BCUT2D eigenvalue weighted by atomic mass is 10.1. The molecule has 0 aliphatic carbocycles. The molecule has 1 N–H and O–H groups in total. The third-order valence-corrected chi connectivity index (χ3v) is 5.64. The lowest BCUT2D eigenvalue weighted by Crippen LogP contribution is -2.43. The molecule has 0 spiro atoms. The van der Waals surface area contributed by atoms with E-state index in [1.807, 2.05) is 54.6 Å². The van der Waals surface area contributed by atoms with Crippen LogP contribution in [0.15, 0.2) is 77.9 Å². The fraction of sp³-hybridized carbons (Fsp3) is 0.250. The summed E-state index contributed by atoms with van der Waals surface area (Å²) in [6, 6.07) is 22.5. The topological polar surface area (TPSA) is 98.7 Å². The lowest BCUT2D eigenvalue weighted by molar-refractivity contribution is -0.137. The quantitative estimate of drug-likeness (QED) is 0.337. The molecule has 0 radical (unpaired) electrons. The van der Waals surface area contributed by atoms with E-state index in [9.17, 15) is 9.59 Å². The highest BCUT2D eigenvalue weighted by Crippen LogP contribution is 2.29. The Kier molecular flexibility index (Phi) is 9.09. The molecule has 1 aliphatic heterocycles. The van der Waals surface area contributed by atoms with Gasteiger partial charge >= 0.3 is 0 Å². The maximum Gasteiger partial charge on any atom is 0.277 e. The fourth-order valence-electron chi connectivity index (χ4n) is 3.73. The molecule has 4 rings (SSSR count). The number of carbonyl (C=O) groups excluding carboxylic acids is 2. The summed E-state index contributed by atoms with van der Waals surface area (Å²) in [6.45, 7) is 1.91. The van der Waals surface area contributed by atoms with E-state index in [1.165, 1.54) is 13.3 Å². The van der Waals surface area contributed by atoms with Gasteiger partial charge in [0.05, 0.1) is 26.5 Å². The molecular weight excluding hydrogens is 474 g/mol. The number of hydrazone groups is 1. The van der Waals surface area contributed by atoms with Gasteiger partial charge in [-0.1, -0.05) is 48.5 Å². The summed E-state index contributed by atoms with van der Waals surface area (Å²) in [4.78, 5) is 26.3. The van der Waals surface area contributed by atoms with E-state index in [1.54, 1.807) is 23.1 Å². The van der Waals surface area contributed by atoms with E-state index in [4.69, 9.17) is 18.9 Å². The third kappa shape index (κ3) is 7.31. The number of nitrogens with zero attached hydrogens (tertiary/aromatic N) is 2. The average molecular weight is 504 g/mol. The number of para-hydroxylation sites is 1. The molecule has 0 aromatic heterocycles. The van der Waals surface area contributed by atoms with Crippen molar-refractivity contribution in [3.05, 3.63) is 78.4 Å². The van der Waals surface area contributed by atoms with Crippen molar-refractivity contribution in [1.82, 2.24) is 10.3 Å². The highest BCUT2D eigenvalue weighted by molar-refractivity contribution is 5.84. The maximum absolute atomic E-state index is 12.3. The Bertz CT molecular complexity index is 1230. The fourth-order valence-corrected chi connectivity index (χ4v) is 3.73. The monoisotopic (exact) mass is 503 g/mol. The number of benzene rings is 3. The normalized spacial score (nSPS) is 13.3. The van der Waals surface area contributed by atoms with E-state index in [2.05, 4.69) is 10.5 Å². The van der Waals surface area contributed by atoms with Crippen molar-refractivity contribution in [2.45, 2.75) is 0 Å². The van der Waals surface area contributed by atoms with Crippen molar-refractivity contribution in [2.75, 3.05) is 46.6 Å². The van der Waals surface area contributed by atoms with Gasteiger partial charge in [-0.25, -0.2) is 5.43 Å². The predicted molar refractivity (Wildman–Crippen MR) is 139 cm³/mol. The summed E-state index contributed by atoms with van der Waals surface area (Å²) in [5, 5.41) is 4.00. The van der Waals surface area contributed by atoms with E-state index in [0.29, 0.717) is 49.1 Å². The second-order valence-corrected chi connectivity index (χ2v) is 8.14. The summed E-state index contributed by atoms with van der Waals surface area (Å²) in [6.07, 6.45) is 1.49. The standard InChI is InChI=1S/C28H29N3O6/c1-34-26-17-21(11-12-25(26)37-20-28(33)31-13-15-35-16-14-31)18-29-30-27(32)19-36-24-10-6-5-9-23(24)22-7-3-2-4-8-22/h2-12,17-18H,13-16,19-20H2,1H3,(H,30,32). The number of carbonyl (C=O) groups is 2. The van der Waals surface area contributed by atoms with Gasteiger partial charge in [0.15, 0.2) is 24.7 Å². The number of hydrogen-bond acceptors (Lipinski definition) is 7. The second-order valence-electron chi connectivity index (χ2n) is 8.14. The van der Waals surface area contributed by atoms with Crippen LogP contribution in [0.2, 0.25) is 0 Å². The second kappa shape index (κ2) is 13.1. The van der Waals surface area contributed by atoms with Gasteiger partial charge in [-0.2, -0.15) is 5.10 Å². The van der Waals surface area contributed by atoms with Crippen LogP contribution in [0.4, 0.5) is 0 Å². The zero-order valence-electron chi connectivity index (χ0n) is 20.6. The smallest absolute Gasteiger partial charge is 0.277 e. The van der Waals surface area contributed by atoms with Gasteiger partial charge in [-0.05, 0) is 35.4 Å². The van der Waals surface area contributed by atoms with Gasteiger partial charge in [-0.3, -0.25) is 9.59 Å². The summed E-state index contributed by atoms with van der Waals surface area (Å²) in [7, 11) is 1.51. The summed E-state index contributed by atoms with van der Waals surface area (Å²) >= 11 is 0. The largest absolute Gasteiger partial charge is 0.493 e. The van der Waals surface area contributed by atoms with Gasteiger partial charge in [0.25, 0.3) is 11.8 Å². The number of morpholine rings is 1. The molecule has 0 unspecified atom stereocenters. The zero-order valence-corrected chi connectivity index (χ0v) is 20.6. The molecule has 1 heterocycles. The van der Waals surface area contributed by atoms with Crippen molar-refractivity contribution in [2.24, 2.45) is 5.10 Å². The van der Waals surface area contributed by atoms with E-state index >= 15 is 0 Å². The van der Waals surface area contributed by atoms with Crippen LogP contribution in [-0.4, -0.2) is 69.6 Å². The Labute approximate surface area is 215 Å². The van der Waals surface area contributed by atoms with E-state index in [0.717, 1.165) is 11.1 Å². The Morgan fingerprint density at radius 1 is 0.919 bits per heavy atom. The van der Waals surface area contributed by atoms with E-state index < -0.39 is 5.91 Å². The molecule has 2 amide bonds. The zero-order chi connectivity index (χ0) is 25.9. The molecule has 1 aliphatic rings. The Hall–Kier alpha value is -4.37. The van der Waals surface area contributed by atoms with Crippen LogP contribution in [0, 0.1) is 0 Å². The molecule has 9 heteroatoms. The first-order valence-corrected chi connectivity index (χ1v) is 11.9. The maximum atomic E-state index is 12.3. The van der Waals surface area contributed by atoms with Crippen LogP contribution in [0.3, 0.4) is 0 Å². The predicted octanol–water partition coefficient (Wildman–Crippen LogP) is 3.13. The van der Waals surface area contributed by atoms with Gasteiger partial charge in [0.1, 0.15) is 5.75 Å². The van der Waals surface area contributed by atoms with Gasteiger partial charge < -0.3 is 23.8 Å². The highest BCUT2D eigenvalue weighted by Gasteiger charge is 2.18. The van der Waals surface area contributed by atoms with Crippen molar-refractivity contribution in [3.8, 4) is 28.4 Å². The summed E-state index contributed by atoms with van der Waals surface area (Å²) < 4.78 is 22.1. The lowest BCUT2D eigenvalue weighted by Gasteiger charge is -2.26. The number of methoxy groups -OCH3 is 1. The number of hydrogen-bond donors (Lipinski definition) is 1. The average Bonchev–Trinajstić information content (AvgIpc) is 2.96. The first kappa shape index (κ1) is 25.7. The molecule has 9 nitrogen and oxygen atoms in total. The molecular formula is C28H29N3O6. The Morgan fingerprint density at radius 3 is 2.43 bits per heavy atom. The molecule has 1 saturated heterocycles. The highest BCUT2D eigenvalue weighted by atomic mass is 16.5. The van der Waals surface area contributed by atoms with Crippen LogP contribution in [-0.2, 0) is 14.3 Å². The molecule has 192 valence electrons. The minimum Gasteiger partial charge on any atom is -0.493 e. The third-order valence-electron chi connectivity index (χ3n) is 5.64. The summed E-state index contributed by atoms with van der Waals surface area (Å²) in [5.74, 6) is 1.00. The van der Waals surface area contributed by atoms with Crippen LogP contribution in [0.5, 0.6) is 17.2 Å². The van der Waals surface area contributed by atoms with Crippen molar-refractivity contribution in [3.63, 3.8) is 0 Å². The number of rotatable bonds is 10. The molecule has 3 aromatic rings. The summed E-state index contributed by atoms with van der Waals surface area (Å²) in [5.41, 5.74) is 5.05. The van der Waals surface area contributed by atoms with Crippen LogP contribution in [0.1, 0.15) is 5.56 Å². The Morgan fingerprint density at radius 2 is 1.65 bits per heavy atom. The SMILES string of the molecule is COc1cc(C=NNC(=O)COc2ccccc2-c2ccccc2)ccc1OCC(=O)N1CCOCC1. The number of nitrogens with one attached hydrogen (secondary N) is 1. The van der Waals surface area contributed by atoms with Crippen LogP contribution < -0.4 is 19.6 Å². The van der Waals surface area contributed by atoms with Crippen LogP contribution >= 0.6 is 0 Å². The molecule has 37 heavy (non-hydrogen) atoms. The minimum atomic E-state index is -0.396. The molecule has 0 bridgehead atoms. The van der Waals surface area contributed by atoms with Crippen LogP contribution in [0.25, 0.3) is 11.1 Å². The molecule has 0 saturated carbocycles. The molecule has 0 atom stereocenters. The van der Waals surface area contributed by atoms with Gasteiger partial charge in [0.2, 0.25) is 0 Å². The number of amides is 2. The number of ether oxygens (including phenoxy) is 4. The molecule has 1 fully saturated rings. The van der Waals surface area contributed by atoms with Gasteiger partial charge in [-0.15, -0.1) is 0 Å².